The van der Waals surface area contributed by atoms with E-state index in [-0.39, 0.29) is 6.04 Å². The molecule has 0 amide bonds. The lowest BCUT2D eigenvalue weighted by atomic mass is 10.0. The van der Waals surface area contributed by atoms with Crippen molar-refractivity contribution in [1.82, 2.24) is 4.98 Å². The smallest absolute Gasteiger partial charge is 0.130 e. The summed E-state index contributed by atoms with van der Waals surface area (Å²) in [6.07, 6.45) is 1.34. The lowest BCUT2D eigenvalue weighted by Crippen LogP contribution is -2.89. The Morgan fingerprint density at radius 2 is 1.83 bits per heavy atom. The van der Waals surface area contributed by atoms with E-state index in [0.717, 1.165) is 17.8 Å². The standard InChI is InChI=1S/C15H18N2O/c1-12(15(18)13-7-3-2-4-8-13)17-11-14-9-5-6-10-16-14/h2-10,12,15,17-18H,11H2,1H3/p+1/t12-,15-/m0/s1. The van der Waals surface area contributed by atoms with Gasteiger partial charge >= 0.3 is 0 Å². The molecule has 1 heterocycles. The van der Waals surface area contributed by atoms with Crippen molar-refractivity contribution in [3.05, 3.63) is 66.0 Å². The number of quaternary nitrogens is 1. The number of hydrogen-bond acceptors (Lipinski definition) is 2. The van der Waals surface area contributed by atoms with Gasteiger partial charge in [-0.1, -0.05) is 36.4 Å². The summed E-state index contributed by atoms with van der Waals surface area (Å²) in [6.45, 7) is 2.81. The van der Waals surface area contributed by atoms with Crippen LogP contribution < -0.4 is 5.32 Å². The van der Waals surface area contributed by atoms with Crippen molar-refractivity contribution in [2.45, 2.75) is 25.6 Å². The molecule has 94 valence electrons. The normalized spacial score (nSPS) is 14.1. The molecular formula is C15H19N2O+. The van der Waals surface area contributed by atoms with Gasteiger partial charge in [0.2, 0.25) is 0 Å². The topological polar surface area (TPSA) is 49.7 Å². The molecule has 0 saturated heterocycles. The maximum atomic E-state index is 10.2. The molecule has 2 aromatic rings. The van der Waals surface area contributed by atoms with Gasteiger partial charge < -0.3 is 10.4 Å². The van der Waals surface area contributed by atoms with Crippen molar-refractivity contribution in [2.75, 3.05) is 0 Å². The van der Waals surface area contributed by atoms with Gasteiger partial charge in [0.15, 0.2) is 0 Å². The Balaban J connectivity index is 1.90. The van der Waals surface area contributed by atoms with Crippen molar-refractivity contribution >= 4 is 0 Å². The number of benzene rings is 1. The van der Waals surface area contributed by atoms with Crippen LogP contribution in [0.3, 0.4) is 0 Å². The monoisotopic (exact) mass is 243 g/mol. The average Bonchev–Trinajstić information content (AvgIpc) is 2.46. The number of pyridine rings is 1. The lowest BCUT2D eigenvalue weighted by Gasteiger charge is -2.17. The molecular weight excluding hydrogens is 224 g/mol. The predicted molar refractivity (Wildman–Crippen MR) is 70.7 cm³/mol. The summed E-state index contributed by atoms with van der Waals surface area (Å²) in [5, 5.41) is 12.3. The van der Waals surface area contributed by atoms with Gasteiger partial charge in [0.05, 0.1) is 5.69 Å². The molecule has 3 nitrogen and oxygen atoms in total. The first-order valence-electron chi connectivity index (χ1n) is 6.23. The van der Waals surface area contributed by atoms with E-state index in [1.807, 2.05) is 55.5 Å². The fraction of sp³-hybridized carbons (Fsp3) is 0.267. The van der Waals surface area contributed by atoms with Crippen molar-refractivity contribution in [1.29, 1.82) is 0 Å². The Labute approximate surface area is 108 Å². The zero-order chi connectivity index (χ0) is 12.8. The van der Waals surface area contributed by atoms with Crippen LogP contribution in [-0.4, -0.2) is 16.1 Å². The van der Waals surface area contributed by atoms with Gasteiger partial charge in [-0.2, -0.15) is 0 Å². The van der Waals surface area contributed by atoms with E-state index in [2.05, 4.69) is 10.3 Å². The van der Waals surface area contributed by atoms with E-state index < -0.39 is 6.10 Å². The summed E-state index contributed by atoms with van der Waals surface area (Å²) in [5.74, 6) is 0. The van der Waals surface area contributed by atoms with Crippen molar-refractivity contribution in [2.24, 2.45) is 0 Å². The van der Waals surface area contributed by atoms with Crippen LogP contribution in [0.25, 0.3) is 0 Å². The second-order valence-corrected chi connectivity index (χ2v) is 4.48. The third kappa shape index (κ3) is 3.39. The van der Waals surface area contributed by atoms with Gasteiger partial charge in [0, 0.05) is 6.20 Å². The quantitative estimate of drug-likeness (QED) is 0.831. The highest BCUT2D eigenvalue weighted by Gasteiger charge is 2.18. The first kappa shape index (κ1) is 12.7. The Morgan fingerprint density at radius 1 is 1.11 bits per heavy atom. The molecule has 1 aromatic heterocycles. The molecule has 0 aliphatic heterocycles. The molecule has 2 atom stereocenters. The number of aliphatic hydroxyl groups is 1. The second-order valence-electron chi connectivity index (χ2n) is 4.48. The molecule has 3 heteroatoms. The minimum atomic E-state index is -0.449. The number of rotatable bonds is 5. The zero-order valence-corrected chi connectivity index (χ0v) is 10.5. The van der Waals surface area contributed by atoms with Gasteiger partial charge in [0.1, 0.15) is 18.7 Å². The summed E-state index contributed by atoms with van der Waals surface area (Å²) >= 11 is 0. The van der Waals surface area contributed by atoms with E-state index in [9.17, 15) is 5.11 Å². The molecule has 0 unspecified atom stereocenters. The Kier molecular flexibility index (Phi) is 4.45. The largest absolute Gasteiger partial charge is 0.382 e. The Hall–Kier alpha value is -1.71. The molecule has 0 saturated carbocycles. The number of nitrogens with zero attached hydrogens (tertiary/aromatic N) is 1. The molecule has 18 heavy (non-hydrogen) atoms. The predicted octanol–water partition coefficient (Wildman–Crippen LogP) is 1.27. The lowest BCUT2D eigenvalue weighted by molar-refractivity contribution is -0.709. The average molecular weight is 243 g/mol. The molecule has 0 fully saturated rings. The maximum Gasteiger partial charge on any atom is 0.130 e. The molecule has 0 spiro atoms. The van der Waals surface area contributed by atoms with Gasteiger partial charge in [-0.15, -0.1) is 0 Å². The fourth-order valence-corrected chi connectivity index (χ4v) is 1.91. The first-order valence-corrected chi connectivity index (χ1v) is 6.23. The van der Waals surface area contributed by atoms with Gasteiger partial charge in [-0.05, 0) is 24.6 Å². The van der Waals surface area contributed by atoms with Crippen LogP contribution in [0.1, 0.15) is 24.3 Å². The maximum absolute atomic E-state index is 10.2. The van der Waals surface area contributed by atoms with Crippen LogP contribution in [-0.2, 0) is 6.54 Å². The van der Waals surface area contributed by atoms with E-state index in [1.165, 1.54) is 0 Å². The highest BCUT2D eigenvalue weighted by atomic mass is 16.3. The van der Waals surface area contributed by atoms with Crippen molar-refractivity contribution in [3.63, 3.8) is 0 Å². The summed E-state index contributed by atoms with van der Waals surface area (Å²) in [6, 6.07) is 15.8. The van der Waals surface area contributed by atoms with Crippen molar-refractivity contribution in [3.8, 4) is 0 Å². The van der Waals surface area contributed by atoms with E-state index in [0.29, 0.717) is 0 Å². The zero-order valence-electron chi connectivity index (χ0n) is 10.5. The van der Waals surface area contributed by atoms with E-state index in [1.54, 1.807) is 6.20 Å². The number of nitrogens with two attached hydrogens (primary N) is 1. The number of aromatic nitrogens is 1. The molecule has 0 bridgehead atoms. The molecule has 3 N–H and O–H groups in total. The molecule has 2 rings (SSSR count). The summed E-state index contributed by atoms with van der Waals surface area (Å²) in [5.41, 5.74) is 1.99. The van der Waals surface area contributed by atoms with E-state index in [4.69, 9.17) is 0 Å². The minimum Gasteiger partial charge on any atom is -0.382 e. The van der Waals surface area contributed by atoms with Gasteiger partial charge in [-0.25, -0.2) is 0 Å². The summed E-state index contributed by atoms with van der Waals surface area (Å²) in [7, 11) is 0. The third-order valence-corrected chi connectivity index (χ3v) is 3.06. The molecule has 0 aliphatic rings. The minimum absolute atomic E-state index is 0.106. The third-order valence-electron chi connectivity index (χ3n) is 3.06. The Bertz CT molecular complexity index is 458. The summed E-state index contributed by atoms with van der Waals surface area (Å²) < 4.78 is 0. The molecule has 0 radical (unpaired) electrons. The first-order chi connectivity index (χ1) is 8.77. The van der Waals surface area contributed by atoms with Crippen LogP contribution >= 0.6 is 0 Å². The van der Waals surface area contributed by atoms with Crippen LogP contribution in [0, 0.1) is 0 Å². The summed E-state index contributed by atoms with van der Waals surface area (Å²) in [4.78, 5) is 4.27. The van der Waals surface area contributed by atoms with E-state index >= 15 is 0 Å². The highest BCUT2D eigenvalue weighted by Crippen LogP contribution is 2.13. The van der Waals surface area contributed by atoms with Gasteiger partial charge in [0.25, 0.3) is 0 Å². The second kappa shape index (κ2) is 6.28. The highest BCUT2D eigenvalue weighted by molar-refractivity contribution is 5.17. The van der Waals surface area contributed by atoms with Crippen LogP contribution in [0.5, 0.6) is 0 Å². The van der Waals surface area contributed by atoms with Crippen LogP contribution in [0.2, 0.25) is 0 Å². The number of hydrogen-bond donors (Lipinski definition) is 2. The van der Waals surface area contributed by atoms with Crippen molar-refractivity contribution < 1.29 is 10.4 Å². The fourth-order valence-electron chi connectivity index (χ4n) is 1.91. The van der Waals surface area contributed by atoms with Crippen LogP contribution in [0.15, 0.2) is 54.7 Å². The molecule has 0 aliphatic carbocycles. The van der Waals surface area contributed by atoms with Crippen LogP contribution in [0.4, 0.5) is 0 Å². The SMILES string of the molecule is C[C@H]([NH2+]Cc1ccccn1)[C@H](O)c1ccccc1. The Morgan fingerprint density at radius 3 is 2.50 bits per heavy atom. The van der Waals surface area contributed by atoms with Gasteiger partial charge in [-0.3, -0.25) is 4.98 Å². The molecule has 1 aromatic carbocycles. The number of aliphatic hydroxyl groups excluding tert-OH is 1.